The van der Waals surface area contributed by atoms with Gasteiger partial charge in [0.15, 0.2) is 0 Å². The van der Waals surface area contributed by atoms with Crippen LogP contribution in [-0.2, 0) is 11.2 Å². The van der Waals surface area contributed by atoms with E-state index in [2.05, 4.69) is 10.6 Å². The largest absolute Gasteiger partial charge is 0.345 e. The van der Waals surface area contributed by atoms with Crippen molar-refractivity contribution in [2.45, 2.75) is 38.6 Å². The first-order valence-electron chi connectivity index (χ1n) is 8.52. The third-order valence-electron chi connectivity index (χ3n) is 4.81. The number of fused-ring (bicyclic) bond motifs is 1. The zero-order valence-electron chi connectivity index (χ0n) is 13.9. The molecule has 2 aliphatic carbocycles. The highest BCUT2D eigenvalue weighted by Crippen LogP contribution is 2.35. The molecular formula is C19H19ClN2O2S. The van der Waals surface area contributed by atoms with E-state index in [1.807, 2.05) is 31.2 Å². The van der Waals surface area contributed by atoms with E-state index >= 15 is 0 Å². The number of aryl methyl sites for hydroxylation is 2. The molecule has 1 saturated carbocycles. The number of amides is 2. The van der Waals surface area contributed by atoms with Crippen LogP contribution in [0.25, 0.3) is 0 Å². The first-order valence-corrected chi connectivity index (χ1v) is 9.71. The second-order valence-electron chi connectivity index (χ2n) is 6.79. The van der Waals surface area contributed by atoms with Crippen molar-refractivity contribution in [1.29, 1.82) is 0 Å². The molecule has 130 valence electrons. The SMILES string of the molecule is Cc1cc(NC(=O)C2CC2)sc1C(=O)NC1CCc2cc(Cl)ccc21. The summed E-state index contributed by atoms with van der Waals surface area (Å²) in [6, 6.07) is 7.74. The summed E-state index contributed by atoms with van der Waals surface area (Å²) in [5.41, 5.74) is 3.25. The molecule has 2 amide bonds. The summed E-state index contributed by atoms with van der Waals surface area (Å²) in [6.45, 7) is 1.90. The number of hydrogen-bond acceptors (Lipinski definition) is 3. The molecule has 6 heteroatoms. The first-order chi connectivity index (χ1) is 12.0. The van der Waals surface area contributed by atoms with Gasteiger partial charge in [-0.3, -0.25) is 9.59 Å². The highest BCUT2D eigenvalue weighted by Gasteiger charge is 2.30. The molecule has 4 nitrogen and oxygen atoms in total. The monoisotopic (exact) mass is 374 g/mol. The van der Waals surface area contributed by atoms with Crippen molar-refractivity contribution >= 4 is 39.8 Å². The highest BCUT2D eigenvalue weighted by molar-refractivity contribution is 7.18. The number of benzene rings is 1. The minimum atomic E-state index is -0.0813. The van der Waals surface area contributed by atoms with E-state index in [9.17, 15) is 9.59 Å². The molecule has 2 aliphatic rings. The van der Waals surface area contributed by atoms with Gasteiger partial charge in [0.25, 0.3) is 5.91 Å². The summed E-state index contributed by atoms with van der Waals surface area (Å²) in [6.07, 6.45) is 3.74. The topological polar surface area (TPSA) is 58.2 Å². The summed E-state index contributed by atoms with van der Waals surface area (Å²) >= 11 is 7.39. The zero-order valence-corrected chi connectivity index (χ0v) is 15.5. The molecule has 0 saturated heterocycles. The van der Waals surface area contributed by atoms with Crippen molar-refractivity contribution in [2.24, 2.45) is 5.92 Å². The lowest BCUT2D eigenvalue weighted by Gasteiger charge is -2.14. The van der Waals surface area contributed by atoms with Crippen LogP contribution in [0.5, 0.6) is 0 Å². The molecule has 1 aromatic heterocycles. The molecule has 0 radical (unpaired) electrons. The van der Waals surface area contributed by atoms with E-state index in [-0.39, 0.29) is 23.8 Å². The lowest BCUT2D eigenvalue weighted by Crippen LogP contribution is -2.26. The fourth-order valence-corrected chi connectivity index (χ4v) is 4.47. The standard InChI is InChI=1S/C19H19ClN2O2S/c1-10-8-16(22-18(23)11-2-3-11)25-17(10)19(24)21-15-7-4-12-9-13(20)5-6-14(12)15/h5-6,8-9,11,15H,2-4,7H2,1H3,(H,21,24)(H,22,23). The normalized spacial score (nSPS) is 18.7. The average molecular weight is 375 g/mol. The van der Waals surface area contributed by atoms with E-state index in [1.54, 1.807) is 0 Å². The van der Waals surface area contributed by atoms with Crippen molar-refractivity contribution < 1.29 is 9.59 Å². The first kappa shape index (κ1) is 16.6. The summed E-state index contributed by atoms with van der Waals surface area (Å²) in [5.74, 6) is 0.138. The maximum atomic E-state index is 12.7. The number of rotatable bonds is 4. The average Bonchev–Trinajstić information content (AvgIpc) is 3.27. The third kappa shape index (κ3) is 3.44. The van der Waals surface area contributed by atoms with E-state index < -0.39 is 0 Å². The van der Waals surface area contributed by atoms with Gasteiger partial charge in [0, 0.05) is 10.9 Å². The molecule has 25 heavy (non-hydrogen) atoms. The number of thiophene rings is 1. The molecule has 1 aromatic carbocycles. The smallest absolute Gasteiger partial charge is 0.262 e. The second-order valence-corrected chi connectivity index (χ2v) is 8.28. The summed E-state index contributed by atoms with van der Waals surface area (Å²) in [7, 11) is 0. The van der Waals surface area contributed by atoms with E-state index in [0.29, 0.717) is 4.88 Å². The lowest BCUT2D eigenvalue weighted by atomic mass is 10.1. The van der Waals surface area contributed by atoms with Gasteiger partial charge in [0.1, 0.15) is 0 Å². The third-order valence-corrected chi connectivity index (χ3v) is 6.19. The van der Waals surface area contributed by atoms with Gasteiger partial charge < -0.3 is 10.6 Å². The second kappa shape index (κ2) is 6.46. The number of carbonyl (C=O) groups is 2. The molecule has 2 N–H and O–H groups in total. The van der Waals surface area contributed by atoms with Gasteiger partial charge in [-0.05, 0) is 67.5 Å². The fourth-order valence-electron chi connectivity index (χ4n) is 3.30. The van der Waals surface area contributed by atoms with Crippen LogP contribution < -0.4 is 10.6 Å². The maximum Gasteiger partial charge on any atom is 0.262 e. The van der Waals surface area contributed by atoms with Crippen molar-refractivity contribution in [3.05, 3.63) is 50.9 Å². The van der Waals surface area contributed by atoms with Crippen LogP contribution in [0.1, 0.15) is 51.7 Å². The molecular weight excluding hydrogens is 356 g/mol. The van der Waals surface area contributed by atoms with Crippen molar-refractivity contribution in [3.8, 4) is 0 Å². The lowest BCUT2D eigenvalue weighted by molar-refractivity contribution is -0.117. The zero-order chi connectivity index (χ0) is 17.6. The Morgan fingerprint density at radius 2 is 2.00 bits per heavy atom. The number of hydrogen-bond donors (Lipinski definition) is 2. The quantitative estimate of drug-likeness (QED) is 0.829. The van der Waals surface area contributed by atoms with Gasteiger partial charge >= 0.3 is 0 Å². The van der Waals surface area contributed by atoms with Crippen LogP contribution in [0.15, 0.2) is 24.3 Å². The minimum Gasteiger partial charge on any atom is -0.345 e. The Bertz CT molecular complexity index is 857. The number of anilines is 1. The number of nitrogens with one attached hydrogen (secondary N) is 2. The van der Waals surface area contributed by atoms with Crippen molar-refractivity contribution in [3.63, 3.8) is 0 Å². The van der Waals surface area contributed by atoms with Gasteiger partial charge in [-0.15, -0.1) is 11.3 Å². The predicted molar refractivity (Wildman–Crippen MR) is 100 cm³/mol. The van der Waals surface area contributed by atoms with Gasteiger partial charge in [0.05, 0.1) is 15.9 Å². The van der Waals surface area contributed by atoms with E-state index in [4.69, 9.17) is 11.6 Å². The Morgan fingerprint density at radius 1 is 1.20 bits per heavy atom. The molecule has 1 atom stereocenters. The van der Waals surface area contributed by atoms with Crippen LogP contribution in [0.4, 0.5) is 5.00 Å². The van der Waals surface area contributed by atoms with Gasteiger partial charge in [-0.1, -0.05) is 17.7 Å². The molecule has 0 aliphatic heterocycles. The van der Waals surface area contributed by atoms with Crippen molar-refractivity contribution in [2.75, 3.05) is 5.32 Å². The van der Waals surface area contributed by atoms with Crippen molar-refractivity contribution in [1.82, 2.24) is 5.32 Å². The van der Waals surface area contributed by atoms with E-state index in [0.717, 1.165) is 46.8 Å². The Balaban J connectivity index is 1.47. The number of carbonyl (C=O) groups excluding carboxylic acids is 2. The Labute approximate surface area is 155 Å². The van der Waals surface area contributed by atoms with Crippen LogP contribution in [0.2, 0.25) is 5.02 Å². The number of halogens is 1. The van der Waals surface area contributed by atoms with Crippen LogP contribution in [-0.4, -0.2) is 11.8 Å². The minimum absolute atomic E-state index is 0.0192. The molecule has 1 unspecified atom stereocenters. The van der Waals surface area contributed by atoms with Gasteiger partial charge in [-0.2, -0.15) is 0 Å². The molecule has 1 fully saturated rings. The summed E-state index contributed by atoms with van der Waals surface area (Å²) in [5, 5.41) is 7.53. The predicted octanol–water partition coefficient (Wildman–Crippen LogP) is 4.48. The van der Waals surface area contributed by atoms with Gasteiger partial charge in [0.2, 0.25) is 5.91 Å². The Morgan fingerprint density at radius 3 is 2.76 bits per heavy atom. The molecule has 0 spiro atoms. The van der Waals surface area contributed by atoms with Crippen LogP contribution in [0, 0.1) is 12.8 Å². The van der Waals surface area contributed by atoms with E-state index in [1.165, 1.54) is 16.9 Å². The van der Waals surface area contributed by atoms with Crippen LogP contribution >= 0.6 is 22.9 Å². The maximum absolute atomic E-state index is 12.7. The summed E-state index contributed by atoms with van der Waals surface area (Å²) in [4.78, 5) is 25.3. The Kier molecular flexibility index (Phi) is 4.29. The fraction of sp³-hybridized carbons (Fsp3) is 0.368. The molecule has 0 bridgehead atoms. The molecule has 1 heterocycles. The Hall–Kier alpha value is -1.85. The summed E-state index contributed by atoms with van der Waals surface area (Å²) < 4.78 is 0. The van der Waals surface area contributed by atoms with Crippen LogP contribution in [0.3, 0.4) is 0 Å². The highest BCUT2D eigenvalue weighted by atomic mass is 35.5. The molecule has 2 aromatic rings. The van der Waals surface area contributed by atoms with Gasteiger partial charge in [-0.25, -0.2) is 0 Å². The molecule has 4 rings (SSSR count).